The molecule has 2 N–H and O–H groups in total. The molecule has 0 aliphatic carbocycles. The van der Waals surface area contributed by atoms with Crippen molar-refractivity contribution < 1.29 is 18.7 Å². The summed E-state index contributed by atoms with van der Waals surface area (Å²) in [5.41, 5.74) is 0.771. The molecule has 20 heavy (non-hydrogen) atoms. The number of nitrogens with one attached hydrogen (secondary N) is 1. The fourth-order valence-corrected chi connectivity index (χ4v) is 1.89. The number of carboxylic acid groups (broad SMARTS) is 1. The summed E-state index contributed by atoms with van der Waals surface area (Å²) >= 11 is 0. The lowest BCUT2D eigenvalue weighted by atomic mass is 10.1. The average molecular weight is 277 g/mol. The van der Waals surface area contributed by atoms with Gasteiger partial charge in [-0.1, -0.05) is 12.1 Å². The molecule has 1 atom stereocenters. The maximum atomic E-state index is 13.3. The van der Waals surface area contributed by atoms with E-state index in [1.54, 1.807) is 19.1 Å². The quantitative estimate of drug-likeness (QED) is 0.892. The van der Waals surface area contributed by atoms with E-state index in [0.717, 1.165) is 6.07 Å². The molecule has 0 fully saturated rings. The van der Waals surface area contributed by atoms with E-state index in [9.17, 15) is 13.6 Å². The second-order valence-corrected chi connectivity index (χ2v) is 4.42. The molecule has 5 heteroatoms. The van der Waals surface area contributed by atoms with Crippen LogP contribution in [0.5, 0.6) is 0 Å². The van der Waals surface area contributed by atoms with Crippen LogP contribution in [0.1, 0.15) is 28.9 Å². The third-order valence-corrected chi connectivity index (χ3v) is 2.93. The molecule has 1 unspecified atom stereocenters. The lowest BCUT2D eigenvalue weighted by Gasteiger charge is -2.16. The molecule has 0 aliphatic heterocycles. The van der Waals surface area contributed by atoms with E-state index < -0.39 is 17.3 Å². The summed E-state index contributed by atoms with van der Waals surface area (Å²) in [5, 5.41) is 11.9. The van der Waals surface area contributed by atoms with Crippen molar-refractivity contribution in [2.45, 2.75) is 13.0 Å². The molecule has 0 amide bonds. The van der Waals surface area contributed by atoms with Gasteiger partial charge in [0, 0.05) is 11.7 Å². The van der Waals surface area contributed by atoms with E-state index >= 15 is 0 Å². The van der Waals surface area contributed by atoms with Gasteiger partial charge in [-0.05, 0) is 42.8 Å². The topological polar surface area (TPSA) is 49.3 Å². The SMILES string of the molecule is CC(Nc1ccc(F)c(C(=O)O)c1)c1cccc(F)c1. The van der Waals surface area contributed by atoms with Crippen molar-refractivity contribution in [3.8, 4) is 0 Å². The van der Waals surface area contributed by atoms with Crippen molar-refractivity contribution in [3.05, 3.63) is 65.2 Å². The number of carboxylic acids is 1. The molecule has 104 valence electrons. The van der Waals surface area contributed by atoms with E-state index in [2.05, 4.69) is 5.32 Å². The third kappa shape index (κ3) is 3.12. The molecule has 0 aliphatic rings. The molecule has 2 aromatic rings. The maximum Gasteiger partial charge on any atom is 0.338 e. The highest BCUT2D eigenvalue weighted by Crippen LogP contribution is 2.22. The van der Waals surface area contributed by atoms with Gasteiger partial charge in [0.2, 0.25) is 0 Å². The molecular formula is C15H13F2NO2. The summed E-state index contributed by atoms with van der Waals surface area (Å²) in [6.45, 7) is 1.80. The Morgan fingerprint density at radius 1 is 1.20 bits per heavy atom. The minimum atomic E-state index is -1.33. The minimum Gasteiger partial charge on any atom is -0.478 e. The first kappa shape index (κ1) is 14.0. The summed E-state index contributed by atoms with van der Waals surface area (Å²) in [6, 6.07) is 9.58. The number of halogens is 2. The van der Waals surface area contributed by atoms with Crippen LogP contribution in [0, 0.1) is 11.6 Å². The highest BCUT2D eigenvalue weighted by atomic mass is 19.1. The molecule has 0 heterocycles. The van der Waals surface area contributed by atoms with Crippen molar-refractivity contribution in [2.24, 2.45) is 0 Å². The summed E-state index contributed by atoms with van der Waals surface area (Å²) in [4.78, 5) is 10.9. The predicted molar refractivity (Wildman–Crippen MR) is 71.8 cm³/mol. The summed E-state index contributed by atoms with van der Waals surface area (Å²) in [6.07, 6.45) is 0. The van der Waals surface area contributed by atoms with Crippen molar-refractivity contribution in [3.63, 3.8) is 0 Å². The Morgan fingerprint density at radius 2 is 1.95 bits per heavy atom. The van der Waals surface area contributed by atoms with Crippen LogP contribution in [-0.4, -0.2) is 11.1 Å². The molecule has 2 rings (SSSR count). The number of benzene rings is 2. The monoisotopic (exact) mass is 277 g/mol. The maximum absolute atomic E-state index is 13.3. The van der Waals surface area contributed by atoms with Crippen LogP contribution < -0.4 is 5.32 Å². The first-order chi connectivity index (χ1) is 9.47. The molecule has 2 aromatic carbocycles. The highest BCUT2D eigenvalue weighted by molar-refractivity contribution is 5.89. The lowest BCUT2D eigenvalue weighted by Crippen LogP contribution is -2.08. The van der Waals surface area contributed by atoms with Crippen molar-refractivity contribution in [1.82, 2.24) is 0 Å². The molecule has 3 nitrogen and oxygen atoms in total. The van der Waals surface area contributed by atoms with Crippen LogP contribution in [-0.2, 0) is 0 Å². The van der Waals surface area contributed by atoms with Crippen molar-refractivity contribution in [2.75, 3.05) is 5.32 Å². The van der Waals surface area contributed by atoms with Gasteiger partial charge < -0.3 is 10.4 Å². The zero-order valence-corrected chi connectivity index (χ0v) is 10.7. The number of aromatic carboxylic acids is 1. The van der Waals surface area contributed by atoms with Gasteiger partial charge in [0.05, 0.1) is 5.56 Å². The van der Waals surface area contributed by atoms with Gasteiger partial charge in [0.15, 0.2) is 0 Å². The first-order valence-electron chi connectivity index (χ1n) is 6.02. The fourth-order valence-electron chi connectivity index (χ4n) is 1.89. The minimum absolute atomic E-state index is 0.238. The lowest BCUT2D eigenvalue weighted by molar-refractivity contribution is 0.0692. The van der Waals surface area contributed by atoms with Gasteiger partial charge in [-0.15, -0.1) is 0 Å². The Labute approximate surface area is 114 Å². The second-order valence-electron chi connectivity index (χ2n) is 4.42. The largest absolute Gasteiger partial charge is 0.478 e. The van der Waals surface area contributed by atoms with Gasteiger partial charge in [0.25, 0.3) is 0 Å². The smallest absolute Gasteiger partial charge is 0.338 e. The Bertz CT molecular complexity index is 644. The second kappa shape index (κ2) is 5.69. The van der Waals surface area contributed by atoms with Gasteiger partial charge >= 0.3 is 5.97 Å². The van der Waals surface area contributed by atoms with E-state index in [1.165, 1.54) is 24.3 Å². The number of hydrogen-bond donors (Lipinski definition) is 2. The highest BCUT2D eigenvalue weighted by Gasteiger charge is 2.12. The van der Waals surface area contributed by atoms with Crippen LogP contribution in [0.25, 0.3) is 0 Å². The molecule has 0 aromatic heterocycles. The zero-order valence-electron chi connectivity index (χ0n) is 10.7. The Morgan fingerprint density at radius 3 is 2.60 bits per heavy atom. The van der Waals surface area contributed by atoms with E-state index in [1.807, 2.05) is 0 Å². The van der Waals surface area contributed by atoms with Crippen LogP contribution in [0.2, 0.25) is 0 Å². The van der Waals surface area contributed by atoms with E-state index in [-0.39, 0.29) is 11.9 Å². The summed E-state index contributed by atoms with van der Waals surface area (Å²) in [5.74, 6) is -2.47. The van der Waals surface area contributed by atoms with Crippen LogP contribution in [0.15, 0.2) is 42.5 Å². The van der Waals surface area contributed by atoms with Gasteiger partial charge in [-0.25, -0.2) is 13.6 Å². The Kier molecular flexibility index (Phi) is 3.98. The van der Waals surface area contributed by atoms with Crippen LogP contribution in [0.4, 0.5) is 14.5 Å². The standard InChI is InChI=1S/C15H13F2NO2/c1-9(10-3-2-4-11(16)7-10)18-12-5-6-14(17)13(8-12)15(19)20/h2-9,18H,1H3,(H,19,20). The Balaban J connectivity index is 2.22. The van der Waals surface area contributed by atoms with Gasteiger partial charge in [-0.2, -0.15) is 0 Å². The normalized spacial score (nSPS) is 11.9. The predicted octanol–water partition coefficient (Wildman–Crippen LogP) is 3.84. The molecule has 0 saturated heterocycles. The molecule has 0 radical (unpaired) electrons. The van der Waals surface area contributed by atoms with Gasteiger partial charge in [-0.3, -0.25) is 0 Å². The summed E-state index contributed by atoms with van der Waals surface area (Å²) in [7, 11) is 0. The third-order valence-electron chi connectivity index (χ3n) is 2.93. The van der Waals surface area contributed by atoms with Crippen molar-refractivity contribution in [1.29, 1.82) is 0 Å². The number of hydrogen-bond acceptors (Lipinski definition) is 2. The Hall–Kier alpha value is -2.43. The van der Waals surface area contributed by atoms with Crippen molar-refractivity contribution >= 4 is 11.7 Å². The zero-order chi connectivity index (χ0) is 14.7. The molecule has 0 bridgehead atoms. The van der Waals surface area contributed by atoms with E-state index in [4.69, 9.17) is 5.11 Å². The van der Waals surface area contributed by atoms with Crippen LogP contribution in [0.3, 0.4) is 0 Å². The fraction of sp³-hybridized carbons (Fsp3) is 0.133. The molecule has 0 saturated carbocycles. The summed E-state index contributed by atoms with van der Waals surface area (Å²) < 4.78 is 26.4. The molecular weight excluding hydrogens is 264 g/mol. The number of rotatable bonds is 4. The van der Waals surface area contributed by atoms with Crippen LogP contribution >= 0.6 is 0 Å². The first-order valence-corrected chi connectivity index (χ1v) is 6.02. The van der Waals surface area contributed by atoms with Gasteiger partial charge in [0.1, 0.15) is 11.6 Å². The van der Waals surface area contributed by atoms with E-state index in [0.29, 0.717) is 11.3 Å². The molecule has 0 spiro atoms. The number of anilines is 1. The average Bonchev–Trinajstić information content (AvgIpc) is 2.40. The number of carbonyl (C=O) groups is 1.